The minimum absolute atomic E-state index is 0.169. The van der Waals surface area contributed by atoms with E-state index in [0.29, 0.717) is 5.57 Å². The molecule has 0 spiro atoms. The van der Waals surface area contributed by atoms with Crippen molar-refractivity contribution >= 4 is 6.08 Å². The van der Waals surface area contributed by atoms with Crippen LogP contribution in [0.2, 0.25) is 0 Å². The molecule has 6 nitrogen and oxygen atoms in total. The summed E-state index contributed by atoms with van der Waals surface area (Å²) in [6, 6.07) is 18.0. The van der Waals surface area contributed by atoms with Crippen LogP contribution in [0.4, 0.5) is 0 Å². The Morgan fingerprint density at radius 3 is 2.23 bits per heavy atom. The topological polar surface area (TPSA) is 81.9 Å². The van der Waals surface area contributed by atoms with E-state index in [2.05, 4.69) is 19.2 Å². The molecule has 0 bridgehead atoms. The van der Waals surface area contributed by atoms with Crippen LogP contribution in [0.15, 0.2) is 76.9 Å². The van der Waals surface area contributed by atoms with Gasteiger partial charge in [0.05, 0.1) is 27.2 Å². The third-order valence-electron chi connectivity index (χ3n) is 5.71. The first kappa shape index (κ1) is 20.6. The zero-order valence-corrected chi connectivity index (χ0v) is 17.9. The van der Waals surface area contributed by atoms with Crippen molar-refractivity contribution in [1.29, 1.82) is 5.26 Å². The number of hydrogen-bond acceptors (Lipinski definition) is 5. The summed E-state index contributed by atoms with van der Waals surface area (Å²) in [5.41, 5.74) is 10.9. The maximum absolute atomic E-state index is 9.85. The molecule has 2 aliphatic heterocycles. The Bertz CT molecular complexity index is 1110. The van der Waals surface area contributed by atoms with E-state index in [1.807, 2.05) is 48.5 Å². The fourth-order valence-electron chi connectivity index (χ4n) is 4.23. The van der Waals surface area contributed by atoms with Crippen LogP contribution in [0.3, 0.4) is 0 Å². The van der Waals surface area contributed by atoms with Crippen molar-refractivity contribution < 1.29 is 19.1 Å². The fraction of sp³-hybridized carbons (Fsp3) is 0.240. The van der Waals surface area contributed by atoms with Gasteiger partial charge in [-0.15, -0.1) is 0 Å². The largest absolute Gasteiger partial charge is 0.497 e. The Labute approximate surface area is 182 Å². The summed E-state index contributed by atoms with van der Waals surface area (Å²) in [6.07, 6.45) is 2.12. The Morgan fingerprint density at radius 1 is 1.03 bits per heavy atom. The molecule has 0 radical (unpaired) electrons. The van der Waals surface area contributed by atoms with E-state index >= 15 is 0 Å². The number of rotatable bonds is 4. The Balaban J connectivity index is 1.81. The van der Waals surface area contributed by atoms with Gasteiger partial charge in [0.1, 0.15) is 42.0 Å². The van der Waals surface area contributed by atoms with Crippen molar-refractivity contribution in [3.63, 3.8) is 0 Å². The van der Waals surface area contributed by atoms with Gasteiger partial charge in [-0.3, -0.25) is 0 Å². The second-order valence-corrected chi connectivity index (χ2v) is 7.81. The van der Waals surface area contributed by atoms with Crippen LogP contribution in [0.5, 0.6) is 11.5 Å². The Morgan fingerprint density at radius 2 is 1.65 bits per heavy atom. The van der Waals surface area contributed by atoms with Gasteiger partial charge in [0.15, 0.2) is 0 Å². The van der Waals surface area contributed by atoms with Crippen LogP contribution in [0.1, 0.15) is 17.0 Å². The minimum Gasteiger partial charge on any atom is -0.497 e. The summed E-state index contributed by atoms with van der Waals surface area (Å²) in [5.74, 6) is 2.29. The summed E-state index contributed by atoms with van der Waals surface area (Å²) in [4.78, 5) is 1.32. The average Bonchev–Trinajstić information content (AvgIpc) is 2.79. The number of hydrogen-bond donors (Lipinski definition) is 2. The summed E-state index contributed by atoms with van der Waals surface area (Å²) >= 11 is 0. The van der Waals surface area contributed by atoms with Gasteiger partial charge in [-0.05, 0) is 41.5 Å². The van der Waals surface area contributed by atoms with E-state index in [1.165, 1.54) is 4.90 Å². The smallest absolute Gasteiger partial charge is 0.205 e. The molecule has 3 N–H and O–H groups in total. The van der Waals surface area contributed by atoms with E-state index in [9.17, 15) is 5.26 Å². The van der Waals surface area contributed by atoms with Crippen LogP contribution in [-0.2, 0) is 4.74 Å². The lowest BCUT2D eigenvalue weighted by molar-refractivity contribution is -0.871. The van der Waals surface area contributed by atoms with Crippen LogP contribution in [-0.4, -0.2) is 34.4 Å². The number of likely N-dealkylation sites (N-methyl/N-ethyl adjacent to an activating group) is 1. The first-order valence-electron chi connectivity index (χ1n) is 10.1. The van der Waals surface area contributed by atoms with Gasteiger partial charge in [-0.25, -0.2) is 0 Å². The molecule has 0 saturated carbocycles. The van der Waals surface area contributed by atoms with Crippen molar-refractivity contribution in [3.8, 4) is 17.6 Å². The fourth-order valence-corrected chi connectivity index (χ4v) is 4.23. The van der Waals surface area contributed by atoms with Gasteiger partial charge < -0.3 is 24.8 Å². The molecule has 6 heteroatoms. The molecule has 31 heavy (non-hydrogen) atoms. The lowest BCUT2D eigenvalue weighted by Crippen LogP contribution is -3.10. The van der Waals surface area contributed by atoms with Crippen molar-refractivity contribution in [1.82, 2.24) is 0 Å². The Kier molecular flexibility index (Phi) is 5.70. The summed E-state index contributed by atoms with van der Waals surface area (Å²) < 4.78 is 16.6. The summed E-state index contributed by atoms with van der Waals surface area (Å²) in [5, 5.41) is 9.85. The molecule has 2 aromatic rings. The van der Waals surface area contributed by atoms with E-state index in [1.54, 1.807) is 14.2 Å². The van der Waals surface area contributed by atoms with Gasteiger partial charge in [0.2, 0.25) is 5.88 Å². The molecule has 2 heterocycles. The van der Waals surface area contributed by atoms with Gasteiger partial charge >= 0.3 is 0 Å². The third kappa shape index (κ3) is 4.00. The zero-order valence-electron chi connectivity index (χ0n) is 17.9. The highest BCUT2D eigenvalue weighted by molar-refractivity contribution is 5.62. The highest BCUT2D eigenvalue weighted by atomic mass is 16.5. The van der Waals surface area contributed by atoms with Crippen LogP contribution >= 0.6 is 0 Å². The number of benzene rings is 2. The lowest BCUT2D eigenvalue weighted by Gasteiger charge is -2.35. The van der Waals surface area contributed by atoms with E-state index in [-0.39, 0.29) is 11.8 Å². The number of ether oxygens (including phenoxy) is 3. The van der Waals surface area contributed by atoms with Gasteiger partial charge in [0, 0.05) is 11.1 Å². The Hall–Kier alpha value is -3.69. The molecular formula is C25H26N3O3+. The van der Waals surface area contributed by atoms with Gasteiger partial charge in [-0.2, -0.15) is 5.26 Å². The van der Waals surface area contributed by atoms with Gasteiger partial charge in [-0.1, -0.05) is 24.3 Å². The van der Waals surface area contributed by atoms with E-state index < -0.39 is 0 Å². The third-order valence-corrected chi connectivity index (χ3v) is 5.71. The quantitative estimate of drug-likeness (QED) is 0.800. The number of nitrogens with zero attached hydrogens (tertiary/aromatic N) is 1. The average molecular weight is 417 g/mol. The zero-order chi connectivity index (χ0) is 22.0. The number of methoxy groups -OCH3 is 2. The number of nitrogens with one attached hydrogen (secondary N) is 1. The van der Waals surface area contributed by atoms with Crippen molar-refractivity contribution in [2.24, 2.45) is 5.73 Å². The highest BCUT2D eigenvalue weighted by Gasteiger charge is 2.38. The maximum Gasteiger partial charge on any atom is 0.205 e. The molecule has 0 amide bonds. The molecule has 158 valence electrons. The standard InChI is InChI=1S/C25H25N3O3/c1-28-14-18(12-16-4-8-19(29-2)9-5-16)24-22(15-28)23(21(13-26)25(27)31-24)17-6-10-20(30-3)11-7-17/h4-12,23H,14-15,27H2,1-3H3/p+1/b18-12+/t23-/m1/s1. The van der Waals surface area contributed by atoms with Crippen LogP contribution < -0.4 is 20.1 Å². The normalized spacial score (nSPS) is 21.9. The van der Waals surface area contributed by atoms with Crippen molar-refractivity contribution in [3.05, 3.63) is 88.0 Å². The molecule has 0 aliphatic carbocycles. The molecule has 2 atom stereocenters. The second-order valence-electron chi connectivity index (χ2n) is 7.81. The highest BCUT2D eigenvalue weighted by Crippen LogP contribution is 2.41. The summed E-state index contributed by atoms with van der Waals surface area (Å²) in [6.45, 7) is 1.57. The molecule has 2 aromatic carbocycles. The number of nitrogens with two attached hydrogens (primary N) is 1. The first-order valence-corrected chi connectivity index (χ1v) is 10.1. The number of allylic oxidation sites excluding steroid dienone is 1. The summed E-state index contributed by atoms with van der Waals surface area (Å²) in [7, 11) is 5.43. The van der Waals surface area contributed by atoms with Gasteiger partial charge in [0.25, 0.3) is 0 Å². The SMILES string of the molecule is COc1ccc(/C=C2\C[NH+](C)CC3=C2OC(N)=C(C#N)[C@H]3c2ccc(OC)cc2)cc1. The molecule has 1 unspecified atom stereocenters. The molecule has 2 aliphatic rings. The van der Waals surface area contributed by atoms with Crippen molar-refractivity contribution in [2.75, 3.05) is 34.4 Å². The predicted molar refractivity (Wildman–Crippen MR) is 118 cm³/mol. The molecule has 0 aromatic heterocycles. The number of quaternary nitrogens is 1. The number of nitriles is 1. The first-order chi connectivity index (χ1) is 15.0. The van der Waals surface area contributed by atoms with Crippen molar-refractivity contribution in [2.45, 2.75) is 5.92 Å². The molecule has 0 fully saturated rings. The monoisotopic (exact) mass is 416 g/mol. The predicted octanol–water partition coefficient (Wildman–Crippen LogP) is 2.38. The van der Waals surface area contributed by atoms with E-state index in [4.69, 9.17) is 19.9 Å². The minimum atomic E-state index is -0.242. The second kappa shape index (κ2) is 8.58. The molecular weight excluding hydrogens is 390 g/mol. The molecule has 4 rings (SSSR count). The lowest BCUT2D eigenvalue weighted by atomic mass is 9.80. The van der Waals surface area contributed by atoms with Crippen LogP contribution in [0, 0.1) is 11.3 Å². The van der Waals surface area contributed by atoms with E-state index in [0.717, 1.165) is 52.6 Å². The maximum atomic E-state index is 9.85. The van der Waals surface area contributed by atoms with Crippen LogP contribution in [0.25, 0.3) is 6.08 Å². The molecule has 0 saturated heterocycles.